The molecule has 0 unspecified atom stereocenters. The van der Waals surface area contributed by atoms with Crippen LogP contribution in [0.4, 0.5) is 0 Å². The number of hydrogen-bond acceptors (Lipinski definition) is 4. The monoisotopic (exact) mass is 626 g/mol. The van der Waals surface area contributed by atoms with Crippen LogP contribution in [0.2, 0.25) is 0 Å². The van der Waals surface area contributed by atoms with Crippen LogP contribution in [0.3, 0.4) is 0 Å². The first kappa shape index (κ1) is 31.6. The van der Waals surface area contributed by atoms with Crippen LogP contribution in [0.25, 0.3) is 0 Å². The highest BCUT2D eigenvalue weighted by molar-refractivity contribution is 7.63. The Morgan fingerprint density at radius 3 is 0.750 bits per heavy atom. The van der Waals surface area contributed by atoms with Gasteiger partial charge in [-0.25, -0.2) is 0 Å². The zero-order valence-electron chi connectivity index (χ0n) is 25.1. The average Bonchev–Trinajstić information content (AvgIpc) is 3.41. The molecule has 0 aliphatic carbocycles. The molecular formula is C38H44O4P2. The van der Waals surface area contributed by atoms with Crippen molar-refractivity contribution in [3.8, 4) is 0 Å². The van der Waals surface area contributed by atoms with Crippen molar-refractivity contribution in [2.24, 2.45) is 0 Å². The summed E-state index contributed by atoms with van der Waals surface area (Å²) in [4.78, 5) is 0. The smallest absolute Gasteiger partial charge is 0.0875 e. The van der Waals surface area contributed by atoms with Crippen LogP contribution >= 0.6 is 15.8 Å². The fourth-order valence-corrected chi connectivity index (χ4v) is 15.7. The molecule has 0 saturated carbocycles. The van der Waals surface area contributed by atoms with Gasteiger partial charge in [-0.1, -0.05) is 137 Å². The van der Waals surface area contributed by atoms with Crippen molar-refractivity contribution in [3.05, 3.63) is 144 Å². The van der Waals surface area contributed by atoms with Crippen LogP contribution in [-0.4, -0.2) is 79.8 Å². The Labute approximate surface area is 264 Å². The predicted octanol–water partition coefficient (Wildman–Crippen LogP) is 5.87. The molecule has 230 valence electrons. The predicted molar refractivity (Wildman–Crippen MR) is 183 cm³/mol. The van der Waals surface area contributed by atoms with Crippen LogP contribution in [0.1, 0.15) is 22.3 Å². The highest BCUT2D eigenvalue weighted by Crippen LogP contribution is 2.63. The van der Waals surface area contributed by atoms with Gasteiger partial charge in [-0.05, 0) is 60.3 Å². The van der Waals surface area contributed by atoms with Gasteiger partial charge >= 0.3 is 0 Å². The molecule has 4 nitrogen and oxygen atoms in total. The minimum atomic E-state index is -0.761. The molecule has 0 bridgehead atoms. The summed E-state index contributed by atoms with van der Waals surface area (Å²) in [7, 11) is -1.49. The van der Waals surface area contributed by atoms with Crippen molar-refractivity contribution >= 4 is 15.8 Å². The van der Waals surface area contributed by atoms with Gasteiger partial charge in [0.05, 0.1) is 24.4 Å². The Hall–Kier alpha value is -2.42. The summed E-state index contributed by atoms with van der Waals surface area (Å²) >= 11 is 0. The van der Waals surface area contributed by atoms with E-state index in [2.05, 4.69) is 48.5 Å². The lowest BCUT2D eigenvalue weighted by Gasteiger charge is -2.32. The van der Waals surface area contributed by atoms with E-state index in [0.29, 0.717) is 0 Å². The van der Waals surface area contributed by atoms with E-state index >= 15 is 0 Å². The van der Waals surface area contributed by atoms with Crippen LogP contribution in [0.5, 0.6) is 0 Å². The first-order valence-corrected chi connectivity index (χ1v) is 19.2. The minimum Gasteiger partial charge on any atom is -0.390 e. The maximum absolute atomic E-state index is 11.5. The molecule has 2 heterocycles. The molecule has 2 aliphatic heterocycles. The van der Waals surface area contributed by atoms with Crippen molar-refractivity contribution in [2.75, 3.05) is 12.3 Å². The summed E-state index contributed by atoms with van der Waals surface area (Å²) in [6.45, 7) is 0. The van der Waals surface area contributed by atoms with Crippen LogP contribution in [0, 0.1) is 0 Å². The van der Waals surface area contributed by atoms with E-state index in [0.717, 1.165) is 38.0 Å². The molecular weight excluding hydrogens is 582 g/mol. The van der Waals surface area contributed by atoms with E-state index in [1.54, 1.807) is 0 Å². The van der Waals surface area contributed by atoms with Crippen molar-refractivity contribution in [2.45, 2.75) is 72.7 Å². The van der Waals surface area contributed by atoms with Gasteiger partial charge in [-0.2, -0.15) is 0 Å². The molecule has 44 heavy (non-hydrogen) atoms. The highest BCUT2D eigenvalue weighted by atomic mass is 31.1. The van der Waals surface area contributed by atoms with Gasteiger partial charge in [-0.3, -0.25) is 0 Å². The second-order valence-electron chi connectivity index (χ2n) is 12.5. The van der Waals surface area contributed by atoms with Gasteiger partial charge in [0.1, 0.15) is 0 Å². The molecule has 4 aromatic rings. The number of aliphatic hydroxyl groups excluding tert-OH is 4. The third kappa shape index (κ3) is 7.18. The molecule has 4 N–H and O–H groups in total. The molecule has 4 aromatic carbocycles. The first-order chi connectivity index (χ1) is 21.5. The Bertz CT molecular complexity index is 1210. The topological polar surface area (TPSA) is 80.9 Å². The molecule has 0 aromatic heterocycles. The lowest BCUT2D eigenvalue weighted by atomic mass is 9.99. The molecule has 0 radical (unpaired) electrons. The zero-order valence-corrected chi connectivity index (χ0v) is 26.9. The molecule has 2 fully saturated rings. The Morgan fingerprint density at radius 2 is 0.545 bits per heavy atom. The fourth-order valence-electron chi connectivity index (χ4n) is 7.46. The molecule has 8 atom stereocenters. The number of rotatable bonds is 11. The SMILES string of the molecule is O[C@H]1[C@H](O)[C@H](Cc2ccccc2)P(CCP2[C@@H](Cc3ccccc3)[C@@H](O)[C@H](O)[C@@H]2Cc2ccccc2)[C@H]1Cc1ccccc1. The second kappa shape index (κ2) is 14.8. The number of benzene rings is 4. The molecule has 6 rings (SSSR count). The third-order valence-electron chi connectivity index (χ3n) is 9.75. The summed E-state index contributed by atoms with van der Waals surface area (Å²) in [5.74, 6) is 0. The van der Waals surface area contributed by atoms with E-state index in [9.17, 15) is 20.4 Å². The van der Waals surface area contributed by atoms with Gasteiger partial charge in [0.15, 0.2) is 0 Å². The summed E-state index contributed by atoms with van der Waals surface area (Å²) in [5, 5.41) is 46.0. The first-order valence-electron chi connectivity index (χ1n) is 15.9. The molecule has 2 saturated heterocycles. The summed E-state index contributed by atoms with van der Waals surface area (Å²) < 4.78 is 0. The molecule has 0 amide bonds. The number of aliphatic hydroxyl groups is 4. The van der Waals surface area contributed by atoms with Gasteiger partial charge in [0.25, 0.3) is 0 Å². The fraction of sp³-hybridized carbons (Fsp3) is 0.368. The Kier molecular flexibility index (Phi) is 10.6. The second-order valence-corrected chi connectivity index (χ2v) is 18.1. The average molecular weight is 627 g/mol. The van der Waals surface area contributed by atoms with Crippen LogP contribution in [-0.2, 0) is 25.7 Å². The highest BCUT2D eigenvalue weighted by Gasteiger charge is 2.51. The van der Waals surface area contributed by atoms with Gasteiger partial charge < -0.3 is 20.4 Å². The molecule has 2 aliphatic rings. The number of hydrogen-bond donors (Lipinski definition) is 4. The van der Waals surface area contributed by atoms with Gasteiger partial charge in [-0.15, -0.1) is 0 Å². The van der Waals surface area contributed by atoms with Crippen molar-refractivity contribution in [1.29, 1.82) is 0 Å². The summed E-state index contributed by atoms with van der Waals surface area (Å²) in [6, 6.07) is 41.4. The normalized spacial score (nSPS) is 31.7. The Morgan fingerprint density at radius 1 is 0.341 bits per heavy atom. The van der Waals surface area contributed by atoms with Crippen LogP contribution < -0.4 is 0 Å². The lowest BCUT2D eigenvalue weighted by Crippen LogP contribution is -2.33. The van der Waals surface area contributed by atoms with Gasteiger partial charge in [0, 0.05) is 22.6 Å². The summed E-state index contributed by atoms with van der Waals surface area (Å²) in [5.41, 5.74) is 4.78. The van der Waals surface area contributed by atoms with E-state index in [4.69, 9.17) is 0 Å². The Balaban J connectivity index is 1.29. The quantitative estimate of drug-likeness (QED) is 0.157. The lowest BCUT2D eigenvalue weighted by molar-refractivity contribution is 0.0282. The standard InChI is InChI=1S/C38H44O4P2/c39-35-31(23-27-13-5-1-6-14-27)43(32(36(35)40)24-28-15-7-2-8-16-28)21-22-44-33(25-29-17-9-3-10-18-29)37(41)38(42)34(44)26-30-19-11-4-12-20-30/h1-20,31-42H,21-26H2/t31-,32-,33-,34-,35+,36+,37+,38+/m0/s1. The zero-order chi connectivity index (χ0) is 30.5. The maximum Gasteiger partial charge on any atom is 0.0875 e. The van der Waals surface area contributed by atoms with E-state index in [1.165, 1.54) is 22.3 Å². The minimum absolute atomic E-state index is 0.00343. The van der Waals surface area contributed by atoms with Crippen molar-refractivity contribution < 1.29 is 20.4 Å². The van der Waals surface area contributed by atoms with Crippen LogP contribution in [0.15, 0.2) is 121 Å². The summed E-state index contributed by atoms with van der Waals surface area (Å²) in [6.07, 6.45) is 1.79. The maximum atomic E-state index is 11.5. The van der Waals surface area contributed by atoms with Crippen molar-refractivity contribution in [3.63, 3.8) is 0 Å². The van der Waals surface area contributed by atoms with Gasteiger partial charge in [0.2, 0.25) is 0 Å². The van der Waals surface area contributed by atoms with E-state index in [1.807, 2.05) is 72.8 Å². The third-order valence-corrected chi connectivity index (χ3v) is 16.9. The van der Waals surface area contributed by atoms with E-state index < -0.39 is 40.3 Å². The van der Waals surface area contributed by atoms with E-state index in [-0.39, 0.29) is 22.6 Å². The molecule has 0 spiro atoms. The van der Waals surface area contributed by atoms with Crippen molar-refractivity contribution in [1.82, 2.24) is 0 Å². The largest absolute Gasteiger partial charge is 0.390 e. The molecule has 6 heteroatoms.